The molecule has 0 atom stereocenters. The molecule has 0 aliphatic carbocycles. The predicted molar refractivity (Wildman–Crippen MR) is 113 cm³/mol. The van der Waals surface area contributed by atoms with Gasteiger partial charge in [-0.3, -0.25) is 4.79 Å². The van der Waals surface area contributed by atoms with Crippen LogP contribution in [0.15, 0.2) is 72.4 Å². The highest BCUT2D eigenvalue weighted by Gasteiger charge is 2.17. The highest BCUT2D eigenvalue weighted by Crippen LogP contribution is 2.18. The van der Waals surface area contributed by atoms with Crippen molar-refractivity contribution >= 4 is 18.0 Å². The first-order valence-electron chi connectivity index (χ1n) is 9.43. The standard InChI is InChI=1S/C24H19F2NO5/c1-31-19-4-2-3-16(11-19)14-32-18-8-5-15(6-9-18)12-22(24(29)30)27-23(28)20-10-7-17(25)13-21(20)26/h2-13H,14H2,1H3,(H,27,28)(H,29,30)/b22-12+. The van der Waals surface area contributed by atoms with E-state index in [1.54, 1.807) is 31.4 Å². The second-order valence-electron chi connectivity index (χ2n) is 6.65. The van der Waals surface area contributed by atoms with Crippen LogP contribution < -0.4 is 14.8 Å². The predicted octanol–water partition coefficient (Wildman–Crippen LogP) is 4.41. The number of hydrogen-bond acceptors (Lipinski definition) is 4. The average molecular weight is 439 g/mol. The minimum absolute atomic E-state index is 0.312. The van der Waals surface area contributed by atoms with Crippen LogP contribution in [0.4, 0.5) is 8.78 Å². The number of carboxylic acid groups (broad SMARTS) is 1. The summed E-state index contributed by atoms with van der Waals surface area (Å²) in [4.78, 5) is 23.7. The summed E-state index contributed by atoms with van der Waals surface area (Å²) >= 11 is 0. The number of carbonyl (C=O) groups is 2. The molecular formula is C24H19F2NO5. The van der Waals surface area contributed by atoms with Crippen molar-refractivity contribution in [2.75, 3.05) is 7.11 Å². The van der Waals surface area contributed by atoms with E-state index in [-0.39, 0.29) is 0 Å². The summed E-state index contributed by atoms with van der Waals surface area (Å²) in [5.41, 5.74) is 0.442. The molecule has 32 heavy (non-hydrogen) atoms. The van der Waals surface area contributed by atoms with Crippen LogP contribution >= 0.6 is 0 Å². The SMILES string of the molecule is COc1cccc(COc2ccc(/C=C(/NC(=O)c3ccc(F)cc3F)C(=O)O)cc2)c1. The Hall–Kier alpha value is -4.20. The summed E-state index contributed by atoms with van der Waals surface area (Å²) < 4.78 is 37.7. The summed E-state index contributed by atoms with van der Waals surface area (Å²) in [5, 5.41) is 11.5. The van der Waals surface area contributed by atoms with Gasteiger partial charge in [0.05, 0.1) is 12.7 Å². The third kappa shape index (κ3) is 5.91. The van der Waals surface area contributed by atoms with Gasteiger partial charge in [0.25, 0.3) is 5.91 Å². The lowest BCUT2D eigenvalue weighted by molar-refractivity contribution is -0.132. The normalized spacial score (nSPS) is 11.0. The van der Waals surface area contributed by atoms with E-state index in [9.17, 15) is 23.5 Å². The number of nitrogens with one attached hydrogen (secondary N) is 1. The molecular weight excluding hydrogens is 420 g/mol. The molecule has 3 rings (SSSR count). The Morgan fingerprint density at radius 2 is 1.75 bits per heavy atom. The largest absolute Gasteiger partial charge is 0.497 e. The Kier molecular flexibility index (Phi) is 7.17. The molecule has 3 aromatic carbocycles. The Morgan fingerprint density at radius 3 is 2.41 bits per heavy atom. The van der Waals surface area contributed by atoms with Gasteiger partial charge in [0.1, 0.15) is 35.4 Å². The molecule has 6 nitrogen and oxygen atoms in total. The monoisotopic (exact) mass is 439 g/mol. The molecule has 0 saturated carbocycles. The third-order valence-electron chi connectivity index (χ3n) is 4.39. The zero-order valence-electron chi connectivity index (χ0n) is 17.0. The van der Waals surface area contributed by atoms with Crippen molar-refractivity contribution in [3.8, 4) is 11.5 Å². The van der Waals surface area contributed by atoms with Crippen molar-refractivity contribution in [1.82, 2.24) is 5.32 Å². The summed E-state index contributed by atoms with van der Waals surface area (Å²) in [5.74, 6) is -3.09. The molecule has 0 bridgehead atoms. The fourth-order valence-corrected chi connectivity index (χ4v) is 2.77. The molecule has 0 spiro atoms. The maximum absolute atomic E-state index is 13.8. The van der Waals surface area contributed by atoms with Gasteiger partial charge < -0.3 is 19.9 Å². The molecule has 8 heteroatoms. The van der Waals surface area contributed by atoms with E-state index < -0.39 is 34.8 Å². The first-order valence-corrected chi connectivity index (χ1v) is 9.43. The molecule has 3 aromatic rings. The lowest BCUT2D eigenvalue weighted by Gasteiger charge is -2.09. The van der Waals surface area contributed by atoms with E-state index in [4.69, 9.17) is 9.47 Å². The molecule has 0 saturated heterocycles. The third-order valence-corrected chi connectivity index (χ3v) is 4.39. The molecule has 164 valence electrons. The molecule has 0 aliphatic rings. The second kappa shape index (κ2) is 10.2. The van der Waals surface area contributed by atoms with E-state index in [0.717, 1.165) is 23.4 Å². The van der Waals surface area contributed by atoms with Gasteiger partial charge >= 0.3 is 5.97 Å². The second-order valence-corrected chi connectivity index (χ2v) is 6.65. The zero-order chi connectivity index (χ0) is 23.1. The van der Waals surface area contributed by atoms with Crippen LogP contribution in [0, 0.1) is 11.6 Å². The molecule has 1 amide bonds. The van der Waals surface area contributed by atoms with Gasteiger partial charge in [0.2, 0.25) is 0 Å². The number of carbonyl (C=O) groups excluding carboxylic acids is 1. The maximum atomic E-state index is 13.8. The number of benzene rings is 3. The minimum atomic E-state index is -1.42. The highest BCUT2D eigenvalue weighted by atomic mass is 19.1. The smallest absolute Gasteiger partial charge is 0.352 e. The molecule has 2 N–H and O–H groups in total. The molecule has 0 aromatic heterocycles. The van der Waals surface area contributed by atoms with E-state index in [2.05, 4.69) is 5.32 Å². The summed E-state index contributed by atoms with van der Waals surface area (Å²) in [7, 11) is 1.58. The van der Waals surface area contributed by atoms with Crippen LogP contribution in [0.25, 0.3) is 6.08 Å². The van der Waals surface area contributed by atoms with Gasteiger partial charge in [-0.1, -0.05) is 24.3 Å². The fraction of sp³-hybridized carbons (Fsp3) is 0.0833. The van der Waals surface area contributed by atoms with Gasteiger partial charge in [-0.2, -0.15) is 0 Å². The van der Waals surface area contributed by atoms with Crippen molar-refractivity contribution in [1.29, 1.82) is 0 Å². The number of methoxy groups -OCH3 is 1. The van der Waals surface area contributed by atoms with Crippen molar-refractivity contribution in [2.45, 2.75) is 6.61 Å². The van der Waals surface area contributed by atoms with Gasteiger partial charge in [0.15, 0.2) is 0 Å². The first kappa shape index (κ1) is 22.5. The van der Waals surface area contributed by atoms with Gasteiger partial charge in [0, 0.05) is 6.07 Å². The number of amides is 1. The van der Waals surface area contributed by atoms with Crippen molar-refractivity contribution in [3.05, 3.63) is 101 Å². The quantitative estimate of drug-likeness (QED) is 0.508. The van der Waals surface area contributed by atoms with Crippen molar-refractivity contribution in [2.24, 2.45) is 0 Å². The lowest BCUT2D eigenvalue weighted by Crippen LogP contribution is -2.28. The Labute approximate surface area is 182 Å². The number of halogens is 2. The van der Waals surface area contributed by atoms with Gasteiger partial charge in [-0.05, 0) is 53.6 Å². The molecule has 0 radical (unpaired) electrons. The van der Waals surface area contributed by atoms with Crippen LogP contribution in [-0.2, 0) is 11.4 Å². The van der Waals surface area contributed by atoms with E-state index >= 15 is 0 Å². The number of carboxylic acids is 1. The molecule has 0 unspecified atom stereocenters. The first-order chi connectivity index (χ1) is 15.4. The van der Waals surface area contributed by atoms with E-state index in [1.165, 1.54) is 6.08 Å². The van der Waals surface area contributed by atoms with Crippen LogP contribution in [0.5, 0.6) is 11.5 Å². The Bertz CT molecular complexity index is 1160. The van der Waals surface area contributed by atoms with E-state index in [0.29, 0.717) is 24.0 Å². The van der Waals surface area contributed by atoms with Crippen LogP contribution in [-0.4, -0.2) is 24.1 Å². The maximum Gasteiger partial charge on any atom is 0.352 e. The summed E-state index contributed by atoms with van der Waals surface area (Å²) in [6.45, 7) is 0.312. The van der Waals surface area contributed by atoms with Crippen LogP contribution in [0.2, 0.25) is 0 Å². The topological polar surface area (TPSA) is 84.9 Å². The minimum Gasteiger partial charge on any atom is -0.497 e. The van der Waals surface area contributed by atoms with Gasteiger partial charge in [-0.15, -0.1) is 0 Å². The highest BCUT2D eigenvalue weighted by molar-refractivity contribution is 6.02. The summed E-state index contributed by atoms with van der Waals surface area (Å²) in [6.07, 6.45) is 1.22. The fourth-order valence-electron chi connectivity index (χ4n) is 2.77. The van der Waals surface area contributed by atoms with Gasteiger partial charge in [-0.25, -0.2) is 13.6 Å². The lowest BCUT2D eigenvalue weighted by atomic mass is 10.1. The number of rotatable bonds is 8. The number of aliphatic carboxylic acids is 1. The molecule has 0 aliphatic heterocycles. The number of hydrogen-bond donors (Lipinski definition) is 2. The van der Waals surface area contributed by atoms with E-state index in [1.807, 2.05) is 24.3 Å². The molecule has 0 fully saturated rings. The van der Waals surface area contributed by atoms with Crippen molar-refractivity contribution < 1.29 is 33.0 Å². The van der Waals surface area contributed by atoms with Crippen LogP contribution in [0.3, 0.4) is 0 Å². The van der Waals surface area contributed by atoms with Crippen molar-refractivity contribution in [3.63, 3.8) is 0 Å². The average Bonchev–Trinajstić information content (AvgIpc) is 2.78. The number of ether oxygens (including phenoxy) is 2. The zero-order valence-corrected chi connectivity index (χ0v) is 17.0. The van der Waals surface area contributed by atoms with Crippen LogP contribution in [0.1, 0.15) is 21.5 Å². The molecule has 0 heterocycles. The Balaban J connectivity index is 1.69. The Morgan fingerprint density at radius 1 is 1.00 bits per heavy atom. The summed E-state index contributed by atoms with van der Waals surface area (Å²) in [6, 6.07) is 16.3.